The van der Waals surface area contributed by atoms with Crippen LogP contribution in [0.2, 0.25) is 0 Å². The third-order valence-electron chi connectivity index (χ3n) is 1.75. The van der Waals surface area contributed by atoms with Crippen LogP contribution in [0.3, 0.4) is 0 Å². The molecule has 5 heteroatoms. The summed E-state index contributed by atoms with van der Waals surface area (Å²) in [6, 6.07) is 7.96. The first-order valence-corrected chi connectivity index (χ1v) is 5.93. The highest BCUT2D eigenvalue weighted by molar-refractivity contribution is 9.10. The SMILES string of the molecule is Nc1cnc(OCc2cccc(Br)c2)s1. The average molecular weight is 285 g/mol. The molecular weight excluding hydrogens is 276 g/mol. The van der Waals surface area contributed by atoms with E-state index in [-0.39, 0.29) is 0 Å². The summed E-state index contributed by atoms with van der Waals surface area (Å²) < 4.78 is 6.52. The Kier molecular flexibility index (Phi) is 3.23. The van der Waals surface area contributed by atoms with Crippen LogP contribution in [-0.2, 0) is 6.61 Å². The molecule has 0 radical (unpaired) electrons. The lowest BCUT2D eigenvalue weighted by Gasteiger charge is -2.02. The van der Waals surface area contributed by atoms with Crippen molar-refractivity contribution < 1.29 is 4.74 Å². The third kappa shape index (κ3) is 2.94. The summed E-state index contributed by atoms with van der Waals surface area (Å²) in [7, 11) is 0. The van der Waals surface area contributed by atoms with E-state index < -0.39 is 0 Å². The van der Waals surface area contributed by atoms with Crippen LogP contribution >= 0.6 is 27.3 Å². The zero-order valence-electron chi connectivity index (χ0n) is 7.81. The first-order chi connectivity index (χ1) is 7.24. The zero-order chi connectivity index (χ0) is 10.7. The number of nitrogens with zero attached hydrogens (tertiary/aromatic N) is 1. The van der Waals surface area contributed by atoms with Crippen LogP contribution in [0.5, 0.6) is 5.19 Å². The van der Waals surface area contributed by atoms with Gasteiger partial charge in [-0.3, -0.25) is 0 Å². The van der Waals surface area contributed by atoms with E-state index in [0.717, 1.165) is 10.0 Å². The molecule has 0 amide bonds. The molecule has 0 unspecified atom stereocenters. The lowest BCUT2D eigenvalue weighted by atomic mass is 10.2. The van der Waals surface area contributed by atoms with Gasteiger partial charge in [-0.05, 0) is 17.7 Å². The van der Waals surface area contributed by atoms with Crippen LogP contribution in [0.25, 0.3) is 0 Å². The fourth-order valence-electron chi connectivity index (χ4n) is 1.11. The Morgan fingerprint density at radius 1 is 1.47 bits per heavy atom. The van der Waals surface area contributed by atoms with E-state index in [4.69, 9.17) is 10.5 Å². The second-order valence-corrected chi connectivity index (χ2v) is 4.89. The first-order valence-electron chi connectivity index (χ1n) is 4.32. The number of benzene rings is 1. The standard InChI is InChI=1S/C10H9BrN2OS/c11-8-3-1-2-7(4-8)6-14-10-13-5-9(12)15-10/h1-5H,6,12H2. The molecule has 3 nitrogen and oxygen atoms in total. The number of ether oxygens (including phenoxy) is 1. The van der Waals surface area contributed by atoms with Crippen molar-refractivity contribution in [3.05, 3.63) is 40.5 Å². The number of hydrogen-bond donors (Lipinski definition) is 1. The molecule has 2 aromatic rings. The van der Waals surface area contributed by atoms with Crippen molar-refractivity contribution in [1.29, 1.82) is 0 Å². The molecule has 0 fully saturated rings. The predicted molar refractivity (Wildman–Crippen MR) is 65.0 cm³/mol. The number of anilines is 1. The average Bonchev–Trinajstić information content (AvgIpc) is 2.62. The molecule has 2 rings (SSSR count). The lowest BCUT2D eigenvalue weighted by molar-refractivity contribution is 0.304. The van der Waals surface area contributed by atoms with Crippen LogP contribution in [0.4, 0.5) is 5.00 Å². The maximum absolute atomic E-state index is 5.54. The van der Waals surface area contributed by atoms with Gasteiger partial charge in [0.2, 0.25) is 0 Å². The molecule has 78 valence electrons. The molecule has 1 heterocycles. The quantitative estimate of drug-likeness (QED) is 0.942. The minimum atomic E-state index is 0.506. The second kappa shape index (κ2) is 4.63. The van der Waals surface area contributed by atoms with Gasteiger partial charge in [0, 0.05) is 4.47 Å². The predicted octanol–water partition coefficient (Wildman–Crippen LogP) is 3.07. The number of halogens is 1. The van der Waals surface area contributed by atoms with Crippen LogP contribution in [0.1, 0.15) is 5.56 Å². The lowest BCUT2D eigenvalue weighted by Crippen LogP contribution is -1.94. The summed E-state index contributed by atoms with van der Waals surface area (Å²) in [6.45, 7) is 0.506. The Labute approximate surface area is 100 Å². The zero-order valence-corrected chi connectivity index (χ0v) is 10.2. The third-order valence-corrected chi connectivity index (χ3v) is 2.99. The van der Waals surface area contributed by atoms with Gasteiger partial charge in [-0.25, -0.2) is 4.98 Å². The van der Waals surface area contributed by atoms with Gasteiger partial charge in [-0.1, -0.05) is 39.4 Å². The summed E-state index contributed by atoms with van der Waals surface area (Å²) in [6.07, 6.45) is 1.60. The Morgan fingerprint density at radius 2 is 2.33 bits per heavy atom. The Morgan fingerprint density at radius 3 is 3.00 bits per heavy atom. The normalized spacial score (nSPS) is 10.2. The molecule has 1 aromatic carbocycles. The van der Waals surface area contributed by atoms with Crippen molar-refractivity contribution in [2.75, 3.05) is 5.73 Å². The molecule has 0 saturated heterocycles. The van der Waals surface area contributed by atoms with Gasteiger partial charge in [-0.15, -0.1) is 0 Å². The van der Waals surface area contributed by atoms with E-state index in [0.29, 0.717) is 16.8 Å². The highest BCUT2D eigenvalue weighted by Crippen LogP contribution is 2.23. The Balaban J connectivity index is 1.99. The molecule has 0 aliphatic rings. The number of thiazole rings is 1. The molecule has 1 aromatic heterocycles. The van der Waals surface area contributed by atoms with E-state index in [2.05, 4.69) is 20.9 Å². The summed E-state index contributed by atoms with van der Waals surface area (Å²) >= 11 is 4.75. The monoisotopic (exact) mass is 284 g/mol. The van der Waals surface area contributed by atoms with Gasteiger partial charge < -0.3 is 10.5 Å². The van der Waals surface area contributed by atoms with Gasteiger partial charge in [0.1, 0.15) is 11.6 Å². The van der Waals surface area contributed by atoms with E-state index >= 15 is 0 Å². The molecule has 0 aliphatic heterocycles. The fourth-order valence-corrected chi connectivity index (χ4v) is 2.09. The van der Waals surface area contributed by atoms with Crippen LogP contribution in [-0.4, -0.2) is 4.98 Å². The smallest absolute Gasteiger partial charge is 0.275 e. The van der Waals surface area contributed by atoms with Gasteiger partial charge in [0.15, 0.2) is 0 Å². The summed E-state index contributed by atoms with van der Waals surface area (Å²) in [5.41, 5.74) is 6.64. The van der Waals surface area contributed by atoms with E-state index in [9.17, 15) is 0 Å². The van der Waals surface area contributed by atoms with E-state index in [1.807, 2.05) is 24.3 Å². The Bertz CT molecular complexity index is 458. The number of hydrogen-bond acceptors (Lipinski definition) is 4. The van der Waals surface area contributed by atoms with Gasteiger partial charge in [0.05, 0.1) is 6.20 Å². The number of nitrogen functional groups attached to an aromatic ring is 1. The molecule has 0 atom stereocenters. The molecule has 0 saturated carbocycles. The maximum atomic E-state index is 5.54. The minimum absolute atomic E-state index is 0.506. The largest absolute Gasteiger partial charge is 0.465 e. The van der Waals surface area contributed by atoms with Crippen molar-refractivity contribution in [3.8, 4) is 5.19 Å². The van der Waals surface area contributed by atoms with Crippen molar-refractivity contribution in [2.24, 2.45) is 0 Å². The fraction of sp³-hybridized carbons (Fsp3) is 0.100. The molecule has 0 aliphatic carbocycles. The number of aromatic nitrogens is 1. The van der Waals surface area contributed by atoms with Crippen molar-refractivity contribution in [1.82, 2.24) is 4.98 Å². The molecule has 2 N–H and O–H groups in total. The van der Waals surface area contributed by atoms with Crippen LogP contribution < -0.4 is 10.5 Å². The van der Waals surface area contributed by atoms with Crippen LogP contribution in [0.15, 0.2) is 34.9 Å². The number of nitrogens with two attached hydrogens (primary N) is 1. The molecule has 0 bridgehead atoms. The van der Waals surface area contributed by atoms with Crippen molar-refractivity contribution >= 4 is 32.3 Å². The maximum Gasteiger partial charge on any atom is 0.275 e. The van der Waals surface area contributed by atoms with Crippen molar-refractivity contribution in [2.45, 2.75) is 6.61 Å². The number of rotatable bonds is 3. The minimum Gasteiger partial charge on any atom is -0.465 e. The van der Waals surface area contributed by atoms with Gasteiger partial charge in [0.25, 0.3) is 5.19 Å². The van der Waals surface area contributed by atoms with Gasteiger partial charge >= 0.3 is 0 Å². The summed E-state index contributed by atoms with van der Waals surface area (Å²) in [5.74, 6) is 0. The highest BCUT2D eigenvalue weighted by atomic mass is 79.9. The molecule has 0 spiro atoms. The Hall–Kier alpha value is -1.07. The summed E-state index contributed by atoms with van der Waals surface area (Å²) in [4.78, 5) is 4.01. The van der Waals surface area contributed by atoms with Crippen LogP contribution in [0, 0.1) is 0 Å². The topological polar surface area (TPSA) is 48.1 Å². The first kappa shape index (κ1) is 10.4. The van der Waals surface area contributed by atoms with Crippen molar-refractivity contribution in [3.63, 3.8) is 0 Å². The highest BCUT2D eigenvalue weighted by Gasteiger charge is 2.00. The summed E-state index contributed by atoms with van der Waals surface area (Å²) in [5, 5.41) is 1.27. The molecular formula is C10H9BrN2OS. The second-order valence-electron chi connectivity index (χ2n) is 2.95. The molecule has 15 heavy (non-hydrogen) atoms. The van der Waals surface area contributed by atoms with Gasteiger partial charge in [-0.2, -0.15) is 0 Å². The van der Waals surface area contributed by atoms with E-state index in [1.165, 1.54) is 11.3 Å². The van der Waals surface area contributed by atoms with E-state index in [1.54, 1.807) is 6.20 Å².